The van der Waals surface area contributed by atoms with Gasteiger partial charge in [-0.05, 0) is 17.7 Å². The maximum Gasteiger partial charge on any atom is 0.166 e. The molecule has 1 aliphatic rings. The van der Waals surface area contributed by atoms with E-state index in [4.69, 9.17) is 4.74 Å². The zero-order chi connectivity index (χ0) is 9.80. The van der Waals surface area contributed by atoms with Crippen molar-refractivity contribution in [3.8, 4) is 0 Å². The van der Waals surface area contributed by atoms with Gasteiger partial charge < -0.3 is 4.74 Å². The maximum absolute atomic E-state index is 11.6. The molecule has 1 aromatic rings. The van der Waals surface area contributed by atoms with Crippen LogP contribution in [0.3, 0.4) is 0 Å². The molecule has 0 bridgehead atoms. The van der Waals surface area contributed by atoms with Crippen LogP contribution in [0.2, 0.25) is 0 Å². The Labute approximate surface area is 82.4 Å². The number of rotatable bonds is 3. The Morgan fingerprint density at radius 2 is 2.21 bits per heavy atom. The van der Waals surface area contributed by atoms with Gasteiger partial charge in [0.1, 0.15) is 0 Å². The molecule has 1 aliphatic heterocycles. The van der Waals surface area contributed by atoms with Crippen LogP contribution < -0.4 is 0 Å². The van der Waals surface area contributed by atoms with Gasteiger partial charge in [-0.2, -0.15) is 0 Å². The number of carbonyl (C=O) groups is 1. The summed E-state index contributed by atoms with van der Waals surface area (Å²) in [5, 5.41) is 0. The van der Waals surface area contributed by atoms with E-state index < -0.39 is 0 Å². The molecule has 3 nitrogen and oxygen atoms in total. The lowest BCUT2D eigenvalue weighted by Gasteiger charge is -1.99. The zero-order valence-corrected chi connectivity index (χ0v) is 7.77. The Morgan fingerprint density at radius 3 is 2.86 bits per heavy atom. The predicted octanol–water partition coefficient (Wildman–Crippen LogP) is 1.50. The molecule has 0 amide bonds. The van der Waals surface area contributed by atoms with Gasteiger partial charge in [0.15, 0.2) is 5.78 Å². The van der Waals surface area contributed by atoms with E-state index in [1.165, 1.54) is 0 Å². The standard InChI is InChI=1S/C11H11NO2/c13-11(10-3-6-14-8-10)7-9-1-4-12-5-2-9/h1-2,4-5,8H,3,6-7H2. The van der Waals surface area contributed by atoms with E-state index >= 15 is 0 Å². The zero-order valence-electron chi connectivity index (χ0n) is 7.77. The first-order valence-electron chi connectivity index (χ1n) is 4.59. The maximum atomic E-state index is 11.6. The average molecular weight is 189 g/mol. The number of aromatic nitrogens is 1. The number of nitrogens with zero attached hydrogens (tertiary/aromatic N) is 1. The summed E-state index contributed by atoms with van der Waals surface area (Å²) in [6, 6.07) is 3.71. The molecule has 0 N–H and O–H groups in total. The fourth-order valence-corrected chi connectivity index (χ4v) is 1.39. The highest BCUT2D eigenvalue weighted by Gasteiger charge is 2.14. The molecular weight excluding hydrogens is 178 g/mol. The lowest BCUT2D eigenvalue weighted by molar-refractivity contribution is -0.115. The van der Waals surface area contributed by atoms with E-state index in [2.05, 4.69) is 4.98 Å². The van der Waals surface area contributed by atoms with Crippen LogP contribution in [0.1, 0.15) is 12.0 Å². The van der Waals surface area contributed by atoms with Gasteiger partial charge in [0, 0.05) is 30.8 Å². The van der Waals surface area contributed by atoms with Gasteiger partial charge in [0.2, 0.25) is 0 Å². The van der Waals surface area contributed by atoms with Gasteiger partial charge in [-0.15, -0.1) is 0 Å². The quantitative estimate of drug-likeness (QED) is 0.723. The molecule has 0 aromatic carbocycles. The minimum absolute atomic E-state index is 0.147. The van der Waals surface area contributed by atoms with Gasteiger partial charge in [0.25, 0.3) is 0 Å². The van der Waals surface area contributed by atoms with Crippen molar-refractivity contribution in [3.63, 3.8) is 0 Å². The molecule has 0 spiro atoms. The van der Waals surface area contributed by atoms with E-state index in [1.54, 1.807) is 18.7 Å². The van der Waals surface area contributed by atoms with Crippen molar-refractivity contribution in [2.45, 2.75) is 12.8 Å². The lowest BCUT2D eigenvalue weighted by atomic mass is 10.0. The first-order chi connectivity index (χ1) is 6.86. The third-order valence-electron chi connectivity index (χ3n) is 2.19. The molecule has 0 aliphatic carbocycles. The molecule has 0 atom stereocenters. The predicted molar refractivity (Wildman–Crippen MR) is 51.6 cm³/mol. The highest BCUT2D eigenvalue weighted by atomic mass is 16.5. The van der Waals surface area contributed by atoms with E-state index in [0.29, 0.717) is 13.0 Å². The van der Waals surface area contributed by atoms with Gasteiger partial charge in [-0.3, -0.25) is 9.78 Å². The van der Waals surface area contributed by atoms with Gasteiger partial charge in [0.05, 0.1) is 12.9 Å². The number of ether oxygens (including phenoxy) is 1. The van der Waals surface area contributed by atoms with Crippen LogP contribution in [0.15, 0.2) is 36.4 Å². The van der Waals surface area contributed by atoms with Crippen molar-refractivity contribution in [1.82, 2.24) is 4.98 Å². The smallest absolute Gasteiger partial charge is 0.166 e. The van der Waals surface area contributed by atoms with Gasteiger partial charge >= 0.3 is 0 Å². The van der Waals surface area contributed by atoms with Crippen LogP contribution in [0.4, 0.5) is 0 Å². The van der Waals surface area contributed by atoms with Crippen molar-refractivity contribution in [2.75, 3.05) is 6.61 Å². The third kappa shape index (κ3) is 1.99. The lowest BCUT2D eigenvalue weighted by Crippen LogP contribution is -2.05. The van der Waals surface area contributed by atoms with Crippen LogP contribution in [-0.4, -0.2) is 17.4 Å². The van der Waals surface area contributed by atoms with Crippen LogP contribution in [-0.2, 0) is 16.0 Å². The van der Waals surface area contributed by atoms with Crippen molar-refractivity contribution < 1.29 is 9.53 Å². The molecular formula is C11H11NO2. The molecule has 0 saturated heterocycles. The molecule has 0 fully saturated rings. The van der Waals surface area contributed by atoms with Crippen molar-refractivity contribution in [2.24, 2.45) is 0 Å². The molecule has 1 aromatic heterocycles. The molecule has 0 unspecified atom stereocenters. The van der Waals surface area contributed by atoms with E-state index in [-0.39, 0.29) is 5.78 Å². The van der Waals surface area contributed by atoms with Crippen molar-refractivity contribution in [1.29, 1.82) is 0 Å². The Kier molecular flexibility index (Phi) is 2.58. The van der Waals surface area contributed by atoms with Crippen LogP contribution >= 0.6 is 0 Å². The summed E-state index contributed by atoms with van der Waals surface area (Å²) >= 11 is 0. The Hall–Kier alpha value is -1.64. The summed E-state index contributed by atoms with van der Waals surface area (Å²) in [7, 11) is 0. The highest BCUT2D eigenvalue weighted by molar-refractivity contribution is 5.96. The topological polar surface area (TPSA) is 39.2 Å². The van der Waals surface area contributed by atoms with Crippen LogP contribution in [0, 0.1) is 0 Å². The van der Waals surface area contributed by atoms with Crippen LogP contribution in [0.25, 0.3) is 0 Å². The summed E-state index contributed by atoms with van der Waals surface area (Å²) in [6.45, 7) is 0.636. The largest absolute Gasteiger partial charge is 0.500 e. The minimum atomic E-state index is 0.147. The summed E-state index contributed by atoms with van der Waals surface area (Å²) < 4.78 is 5.02. The summed E-state index contributed by atoms with van der Waals surface area (Å²) in [5.74, 6) is 0.147. The molecule has 0 saturated carbocycles. The number of carbonyl (C=O) groups excluding carboxylic acids is 1. The molecule has 0 radical (unpaired) electrons. The Bertz CT molecular complexity index is 357. The number of ketones is 1. The van der Waals surface area contributed by atoms with Crippen molar-refractivity contribution in [3.05, 3.63) is 41.9 Å². The highest BCUT2D eigenvalue weighted by Crippen LogP contribution is 2.13. The first kappa shape index (κ1) is 8.94. The van der Waals surface area contributed by atoms with Crippen LogP contribution in [0.5, 0.6) is 0 Å². The fraction of sp³-hybridized carbons (Fsp3) is 0.273. The Morgan fingerprint density at radius 1 is 1.43 bits per heavy atom. The number of hydrogen-bond acceptors (Lipinski definition) is 3. The summed E-state index contributed by atoms with van der Waals surface area (Å²) in [5.41, 5.74) is 1.79. The van der Waals surface area contributed by atoms with E-state index in [1.807, 2.05) is 12.1 Å². The first-order valence-corrected chi connectivity index (χ1v) is 4.59. The van der Waals surface area contributed by atoms with E-state index in [9.17, 15) is 4.79 Å². The average Bonchev–Trinajstić information content (AvgIpc) is 2.72. The number of pyridine rings is 1. The second kappa shape index (κ2) is 4.05. The Balaban J connectivity index is 2.01. The fourth-order valence-electron chi connectivity index (χ4n) is 1.39. The summed E-state index contributed by atoms with van der Waals surface area (Å²) in [4.78, 5) is 15.5. The monoisotopic (exact) mass is 189 g/mol. The molecule has 2 heterocycles. The SMILES string of the molecule is O=C(Cc1ccncc1)C1=COCC1. The third-order valence-corrected chi connectivity index (χ3v) is 2.19. The molecule has 2 rings (SSSR count). The van der Waals surface area contributed by atoms with E-state index in [0.717, 1.165) is 17.6 Å². The van der Waals surface area contributed by atoms with Crippen molar-refractivity contribution >= 4 is 5.78 Å². The molecule has 14 heavy (non-hydrogen) atoms. The summed E-state index contributed by atoms with van der Waals surface area (Å²) in [6.07, 6.45) is 6.15. The minimum Gasteiger partial charge on any atom is -0.500 e. The number of hydrogen-bond donors (Lipinski definition) is 0. The normalized spacial score (nSPS) is 14.7. The second-order valence-electron chi connectivity index (χ2n) is 3.22. The molecule has 72 valence electrons. The second-order valence-corrected chi connectivity index (χ2v) is 3.22. The van der Waals surface area contributed by atoms with Gasteiger partial charge in [-0.25, -0.2) is 0 Å². The molecule has 3 heteroatoms. The number of Topliss-reactive ketones (excluding diaryl/α,β-unsaturated/α-hetero) is 1. The van der Waals surface area contributed by atoms with Gasteiger partial charge in [-0.1, -0.05) is 0 Å².